The molecule has 0 amide bonds. The van der Waals surface area contributed by atoms with Gasteiger partial charge in [0.2, 0.25) is 0 Å². The van der Waals surface area contributed by atoms with Crippen molar-refractivity contribution in [2.45, 2.75) is 375 Å². The van der Waals surface area contributed by atoms with Crippen LogP contribution >= 0.6 is 15.6 Å². The fraction of sp³-hybridized carbons (Fsp3) is 0.944. The molecule has 534 valence electrons. The molecule has 0 heterocycles. The minimum absolute atomic E-state index is 0.103. The maximum atomic E-state index is 13.0. The van der Waals surface area contributed by atoms with Crippen LogP contribution < -0.4 is 0 Å². The Labute approximate surface area is 549 Å². The van der Waals surface area contributed by atoms with Gasteiger partial charge < -0.3 is 33.8 Å². The van der Waals surface area contributed by atoms with E-state index in [1.165, 1.54) is 167 Å². The Morgan fingerprint density at radius 2 is 0.567 bits per heavy atom. The van der Waals surface area contributed by atoms with Crippen molar-refractivity contribution in [3.05, 3.63) is 0 Å². The molecular weight excluding hydrogens is 1190 g/mol. The third kappa shape index (κ3) is 62.2. The molecule has 4 unspecified atom stereocenters. The molecule has 0 radical (unpaired) electrons. The number of phosphoric acid groups is 2. The highest BCUT2D eigenvalue weighted by molar-refractivity contribution is 7.47. The van der Waals surface area contributed by atoms with Gasteiger partial charge in [-0.2, -0.15) is 0 Å². The van der Waals surface area contributed by atoms with Crippen LogP contribution in [0, 0.1) is 17.8 Å². The molecule has 90 heavy (non-hydrogen) atoms. The number of phosphoric ester groups is 2. The number of rotatable bonds is 69. The van der Waals surface area contributed by atoms with E-state index < -0.39 is 97.5 Å². The van der Waals surface area contributed by atoms with Gasteiger partial charge in [0, 0.05) is 25.7 Å². The quantitative estimate of drug-likeness (QED) is 0.0222. The highest BCUT2D eigenvalue weighted by Gasteiger charge is 2.30. The summed E-state index contributed by atoms with van der Waals surface area (Å²) >= 11 is 0. The molecular formula is C71H138O17P2. The van der Waals surface area contributed by atoms with E-state index in [-0.39, 0.29) is 25.7 Å². The Balaban J connectivity index is 5.24. The Kier molecular flexibility index (Phi) is 60.6. The topological polar surface area (TPSA) is 237 Å². The zero-order valence-electron chi connectivity index (χ0n) is 58.6. The van der Waals surface area contributed by atoms with Crippen LogP contribution in [0.15, 0.2) is 0 Å². The summed E-state index contributed by atoms with van der Waals surface area (Å²) in [5.74, 6) is 0.197. The van der Waals surface area contributed by atoms with E-state index in [1.54, 1.807) is 0 Å². The molecule has 0 aromatic rings. The average molecular weight is 1330 g/mol. The molecule has 0 aliphatic rings. The van der Waals surface area contributed by atoms with Crippen molar-refractivity contribution in [1.29, 1.82) is 0 Å². The number of unbranched alkanes of at least 4 members (excludes halogenated alkanes) is 35. The molecule has 0 fully saturated rings. The van der Waals surface area contributed by atoms with E-state index in [0.29, 0.717) is 25.7 Å². The van der Waals surface area contributed by atoms with Crippen molar-refractivity contribution >= 4 is 39.5 Å². The van der Waals surface area contributed by atoms with E-state index in [1.807, 2.05) is 0 Å². The summed E-state index contributed by atoms with van der Waals surface area (Å²) in [5.41, 5.74) is 0. The van der Waals surface area contributed by atoms with Gasteiger partial charge in [-0.3, -0.25) is 37.3 Å². The van der Waals surface area contributed by atoms with E-state index in [4.69, 9.17) is 37.0 Å². The fourth-order valence-electron chi connectivity index (χ4n) is 10.7. The lowest BCUT2D eigenvalue weighted by Crippen LogP contribution is -2.30. The summed E-state index contributed by atoms with van der Waals surface area (Å²) in [6.07, 6.45) is 45.8. The van der Waals surface area contributed by atoms with Crippen LogP contribution in [-0.4, -0.2) is 96.7 Å². The summed E-state index contributed by atoms with van der Waals surface area (Å²) < 4.78 is 68.3. The first kappa shape index (κ1) is 88.1. The van der Waals surface area contributed by atoms with Gasteiger partial charge in [0.25, 0.3) is 0 Å². The summed E-state index contributed by atoms with van der Waals surface area (Å²) in [7, 11) is -9.90. The normalized spacial score (nSPS) is 14.8. The third-order valence-corrected chi connectivity index (χ3v) is 19.0. The van der Waals surface area contributed by atoms with Crippen molar-refractivity contribution < 1.29 is 80.2 Å². The van der Waals surface area contributed by atoms with Gasteiger partial charge >= 0.3 is 39.5 Å². The number of carbonyl (C=O) groups is 4. The smallest absolute Gasteiger partial charge is 0.462 e. The van der Waals surface area contributed by atoms with E-state index >= 15 is 0 Å². The molecule has 17 nitrogen and oxygen atoms in total. The second-order valence-electron chi connectivity index (χ2n) is 26.6. The van der Waals surface area contributed by atoms with Crippen LogP contribution in [0.1, 0.15) is 357 Å². The Morgan fingerprint density at radius 1 is 0.322 bits per heavy atom. The lowest BCUT2D eigenvalue weighted by molar-refractivity contribution is -0.161. The molecule has 0 spiro atoms. The van der Waals surface area contributed by atoms with Crippen molar-refractivity contribution in [2.75, 3.05) is 39.6 Å². The maximum Gasteiger partial charge on any atom is 0.472 e. The monoisotopic (exact) mass is 1320 g/mol. The second kappa shape index (κ2) is 61.9. The van der Waals surface area contributed by atoms with Crippen LogP contribution in [0.4, 0.5) is 0 Å². The van der Waals surface area contributed by atoms with E-state index in [2.05, 4.69) is 48.5 Å². The van der Waals surface area contributed by atoms with Crippen LogP contribution in [-0.2, 0) is 65.4 Å². The molecule has 0 saturated carbocycles. The van der Waals surface area contributed by atoms with Crippen LogP contribution in [0.25, 0.3) is 0 Å². The predicted molar refractivity (Wildman–Crippen MR) is 363 cm³/mol. The van der Waals surface area contributed by atoms with Crippen LogP contribution in [0.2, 0.25) is 0 Å². The molecule has 0 aliphatic heterocycles. The largest absolute Gasteiger partial charge is 0.472 e. The molecule has 0 rings (SSSR count). The lowest BCUT2D eigenvalue weighted by atomic mass is 9.99. The summed E-state index contributed by atoms with van der Waals surface area (Å²) in [6.45, 7) is 11.8. The van der Waals surface area contributed by atoms with Gasteiger partial charge in [0.15, 0.2) is 12.2 Å². The standard InChI is InChI=1S/C71H138O17P2/c1-8-11-12-13-14-23-30-38-45-52-68(73)81-59-67(88-71(76)55-48-41-34-33-37-44-51-64(7)10-3)61-86-90(79,80)84-57-65(72)56-83-89(77,78)85-60-66(58-82-69(74)53-46-39-31-26-22-21-25-29-36-43-50-63(6)9-2)87-70(75)54-47-40-32-27-20-18-16-15-17-19-24-28-35-42-49-62(4)5/h62-67,72H,8-61H2,1-7H3,(H,77,78)(H,79,80)/t63?,64?,65-,66-,67-/m1/s1. The van der Waals surface area contributed by atoms with Gasteiger partial charge in [-0.05, 0) is 43.4 Å². The van der Waals surface area contributed by atoms with Gasteiger partial charge in [0.1, 0.15) is 19.3 Å². The van der Waals surface area contributed by atoms with E-state index in [9.17, 15) is 43.2 Å². The second-order valence-corrected chi connectivity index (χ2v) is 29.5. The van der Waals surface area contributed by atoms with Gasteiger partial charge in [-0.1, -0.05) is 305 Å². The highest BCUT2D eigenvalue weighted by Crippen LogP contribution is 2.45. The number of ether oxygens (including phenoxy) is 4. The number of carbonyl (C=O) groups excluding carboxylic acids is 4. The van der Waals surface area contributed by atoms with Crippen LogP contribution in [0.3, 0.4) is 0 Å². The number of hydrogen-bond acceptors (Lipinski definition) is 15. The third-order valence-electron chi connectivity index (χ3n) is 17.1. The zero-order chi connectivity index (χ0) is 66.6. The molecule has 7 atom stereocenters. The summed E-state index contributed by atoms with van der Waals surface area (Å²) in [5, 5.41) is 10.6. The lowest BCUT2D eigenvalue weighted by Gasteiger charge is -2.21. The SMILES string of the molecule is CCCCCCCCCCCC(=O)OC[C@H](COP(=O)(O)OC[C@H](O)COP(=O)(O)OC[C@@H](COC(=O)CCCCCCCCCCCCC(C)CC)OC(=O)CCCCCCCCCCCCCCCCC(C)C)OC(=O)CCCCCCCCC(C)CC. The van der Waals surface area contributed by atoms with Crippen molar-refractivity contribution in [3.63, 3.8) is 0 Å². The molecule has 0 aromatic heterocycles. The number of aliphatic hydroxyl groups excluding tert-OH is 1. The first-order valence-corrected chi connectivity index (χ1v) is 39.9. The van der Waals surface area contributed by atoms with Gasteiger partial charge in [-0.15, -0.1) is 0 Å². The molecule has 19 heteroatoms. The zero-order valence-corrected chi connectivity index (χ0v) is 60.4. The average Bonchev–Trinajstić information content (AvgIpc) is 3.71. The van der Waals surface area contributed by atoms with Crippen molar-refractivity contribution in [3.8, 4) is 0 Å². The first-order chi connectivity index (χ1) is 43.3. The predicted octanol–water partition coefficient (Wildman–Crippen LogP) is 20.2. The molecule has 0 aliphatic carbocycles. The van der Waals surface area contributed by atoms with Gasteiger partial charge in [-0.25, -0.2) is 9.13 Å². The minimum Gasteiger partial charge on any atom is -0.462 e. The number of aliphatic hydroxyl groups is 1. The Hall–Kier alpha value is -1.94. The first-order valence-electron chi connectivity index (χ1n) is 36.9. The molecule has 0 saturated heterocycles. The van der Waals surface area contributed by atoms with Gasteiger partial charge in [0.05, 0.1) is 26.4 Å². The Morgan fingerprint density at radius 3 is 0.844 bits per heavy atom. The van der Waals surface area contributed by atoms with Crippen molar-refractivity contribution in [2.24, 2.45) is 17.8 Å². The minimum atomic E-state index is -4.95. The van der Waals surface area contributed by atoms with Crippen molar-refractivity contribution in [1.82, 2.24) is 0 Å². The molecule has 3 N–H and O–H groups in total. The number of esters is 4. The maximum absolute atomic E-state index is 13.0. The summed E-state index contributed by atoms with van der Waals surface area (Å²) in [4.78, 5) is 72.5. The molecule has 0 aromatic carbocycles. The molecule has 0 bridgehead atoms. The van der Waals surface area contributed by atoms with Crippen LogP contribution in [0.5, 0.6) is 0 Å². The Bertz CT molecular complexity index is 1770. The summed E-state index contributed by atoms with van der Waals surface area (Å²) in [6, 6.07) is 0. The van der Waals surface area contributed by atoms with E-state index in [0.717, 1.165) is 108 Å². The highest BCUT2D eigenvalue weighted by atomic mass is 31.2. The number of hydrogen-bond donors (Lipinski definition) is 3. The fourth-order valence-corrected chi connectivity index (χ4v) is 12.2.